The van der Waals surface area contributed by atoms with Crippen LogP contribution in [-0.4, -0.2) is 21.0 Å². The van der Waals surface area contributed by atoms with Gasteiger partial charge in [0.1, 0.15) is 11.6 Å². The minimum absolute atomic E-state index is 0. The molecule has 0 amide bonds. The second-order valence-corrected chi connectivity index (χ2v) is 5.08. The molecule has 0 bridgehead atoms. The third kappa shape index (κ3) is 4.55. The van der Waals surface area contributed by atoms with Gasteiger partial charge in [-0.2, -0.15) is 0 Å². The van der Waals surface area contributed by atoms with Gasteiger partial charge in [0.05, 0.1) is 4.90 Å². The predicted molar refractivity (Wildman–Crippen MR) is 62.4 cm³/mol. The Balaban J connectivity index is 0.00000256. The Kier molecular flexibility index (Phi) is 5.97. The maximum atomic E-state index is 12.8. The number of hydrogen-bond donors (Lipinski definition) is 2. The minimum atomic E-state index is -3.93. The first kappa shape index (κ1) is 16.2. The van der Waals surface area contributed by atoms with E-state index in [-0.39, 0.29) is 19.0 Å². The maximum Gasteiger partial charge on any atom is 0.241 e. The quantitative estimate of drug-likeness (QED) is 0.868. The molecule has 1 aromatic carbocycles. The maximum absolute atomic E-state index is 12.8. The highest BCUT2D eigenvalue weighted by Gasteiger charge is 2.18. The van der Waals surface area contributed by atoms with Gasteiger partial charge >= 0.3 is 0 Å². The molecule has 0 heterocycles. The number of rotatable bonds is 4. The highest BCUT2D eigenvalue weighted by molar-refractivity contribution is 7.89. The zero-order valence-electron chi connectivity index (χ0n) is 8.98. The Labute approximate surface area is 105 Å². The van der Waals surface area contributed by atoms with E-state index < -0.39 is 32.6 Å². The number of nitrogens with two attached hydrogens (primary N) is 1. The molecule has 0 aliphatic carbocycles. The Hall–Kier alpha value is -0.760. The smallest absolute Gasteiger partial charge is 0.241 e. The van der Waals surface area contributed by atoms with E-state index in [0.29, 0.717) is 6.07 Å². The monoisotopic (exact) mass is 286 g/mol. The van der Waals surface area contributed by atoms with Gasteiger partial charge in [-0.15, -0.1) is 12.4 Å². The standard InChI is InChI=1S/C9H12F2N2O2S.ClH/c1-6(5-12)13-16(14,15)9-3-7(10)2-8(11)4-9;/h2-4,6,13H,5,12H2,1H3;1H/t6-;/m1./s1. The lowest BCUT2D eigenvalue weighted by Crippen LogP contribution is -2.37. The van der Waals surface area contributed by atoms with Crippen LogP contribution in [0.2, 0.25) is 0 Å². The Bertz CT molecular complexity index is 462. The highest BCUT2D eigenvalue weighted by Crippen LogP contribution is 2.13. The van der Waals surface area contributed by atoms with Crippen molar-refractivity contribution in [3.63, 3.8) is 0 Å². The summed E-state index contributed by atoms with van der Waals surface area (Å²) in [5.41, 5.74) is 5.24. The van der Waals surface area contributed by atoms with Crippen LogP contribution in [0.5, 0.6) is 0 Å². The first-order chi connectivity index (χ1) is 7.35. The summed E-state index contributed by atoms with van der Waals surface area (Å²) < 4.78 is 51.0. The molecule has 1 aromatic rings. The SMILES string of the molecule is C[C@H](CN)NS(=O)(=O)c1cc(F)cc(F)c1.Cl. The van der Waals surface area contributed by atoms with Crippen molar-refractivity contribution in [2.45, 2.75) is 17.9 Å². The number of nitrogens with one attached hydrogen (secondary N) is 1. The fraction of sp³-hybridized carbons (Fsp3) is 0.333. The highest BCUT2D eigenvalue weighted by atomic mass is 35.5. The van der Waals surface area contributed by atoms with Gasteiger partial charge in [0.25, 0.3) is 0 Å². The lowest BCUT2D eigenvalue weighted by Gasteiger charge is -2.11. The fourth-order valence-electron chi connectivity index (χ4n) is 1.06. The number of halogens is 3. The predicted octanol–water partition coefficient (Wildman–Crippen LogP) is 1.01. The molecule has 8 heteroatoms. The van der Waals surface area contributed by atoms with Crippen LogP contribution < -0.4 is 10.5 Å². The van der Waals surface area contributed by atoms with Crippen molar-refractivity contribution in [3.05, 3.63) is 29.8 Å². The fourth-order valence-corrected chi connectivity index (χ4v) is 2.36. The van der Waals surface area contributed by atoms with Crippen LogP contribution in [0.4, 0.5) is 8.78 Å². The lowest BCUT2D eigenvalue weighted by molar-refractivity contribution is 0.551. The third-order valence-electron chi connectivity index (χ3n) is 1.86. The molecule has 0 unspecified atom stereocenters. The van der Waals surface area contributed by atoms with E-state index in [4.69, 9.17) is 5.73 Å². The summed E-state index contributed by atoms with van der Waals surface area (Å²) in [6.45, 7) is 1.64. The van der Waals surface area contributed by atoms with Gasteiger partial charge in [0.2, 0.25) is 10.0 Å². The molecular formula is C9H13ClF2N2O2S. The van der Waals surface area contributed by atoms with Gasteiger partial charge in [0, 0.05) is 18.7 Å². The molecule has 0 saturated heterocycles. The molecule has 0 aromatic heterocycles. The summed E-state index contributed by atoms with van der Waals surface area (Å²) >= 11 is 0. The van der Waals surface area contributed by atoms with Crippen LogP contribution in [0.1, 0.15) is 6.92 Å². The second kappa shape index (κ2) is 6.25. The summed E-state index contributed by atoms with van der Waals surface area (Å²) in [5, 5.41) is 0. The van der Waals surface area contributed by atoms with Crippen molar-refractivity contribution < 1.29 is 17.2 Å². The van der Waals surface area contributed by atoms with Gasteiger partial charge < -0.3 is 5.73 Å². The zero-order valence-corrected chi connectivity index (χ0v) is 10.6. The Morgan fingerprint density at radius 3 is 2.18 bits per heavy atom. The average molecular weight is 287 g/mol. The van der Waals surface area contributed by atoms with Gasteiger partial charge in [-0.05, 0) is 19.1 Å². The summed E-state index contributed by atoms with van der Waals surface area (Å²) in [4.78, 5) is -0.453. The number of hydrogen-bond acceptors (Lipinski definition) is 3. The van der Waals surface area contributed by atoms with E-state index in [0.717, 1.165) is 12.1 Å². The molecule has 3 N–H and O–H groups in total. The van der Waals surface area contributed by atoms with E-state index >= 15 is 0 Å². The van der Waals surface area contributed by atoms with Crippen LogP contribution in [0.15, 0.2) is 23.1 Å². The molecule has 98 valence electrons. The molecular weight excluding hydrogens is 274 g/mol. The Morgan fingerprint density at radius 1 is 1.29 bits per heavy atom. The Morgan fingerprint density at radius 2 is 1.76 bits per heavy atom. The van der Waals surface area contributed by atoms with Crippen LogP contribution >= 0.6 is 12.4 Å². The molecule has 0 radical (unpaired) electrons. The number of sulfonamides is 1. The largest absolute Gasteiger partial charge is 0.329 e. The first-order valence-corrected chi connectivity index (χ1v) is 6.02. The summed E-state index contributed by atoms with van der Waals surface area (Å²) in [6, 6.07) is 1.59. The van der Waals surface area contributed by atoms with Crippen molar-refractivity contribution in [2.24, 2.45) is 5.73 Å². The average Bonchev–Trinajstić information content (AvgIpc) is 2.15. The molecule has 0 saturated carbocycles. The molecule has 4 nitrogen and oxygen atoms in total. The normalized spacial score (nSPS) is 12.9. The van der Waals surface area contributed by atoms with Crippen LogP contribution in [0, 0.1) is 11.6 Å². The van der Waals surface area contributed by atoms with Crippen LogP contribution in [0.25, 0.3) is 0 Å². The van der Waals surface area contributed by atoms with Crippen molar-refractivity contribution >= 4 is 22.4 Å². The molecule has 1 rings (SSSR count). The van der Waals surface area contributed by atoms with Crippen LogP contribution in [0.3, 0.4) is 0 Å². The van der Waals surface area contributed by atoms with E-state index in [1.807, 2.05) is 0 Å². The topological polar surface area (TPSA) is 72.2 Å². The molecule has 0 aliphatic rings. The second-order valence-electron chi connectivity index (χ2n) is 3.36. The summed E-state index contributed by atoms with van der Waals surface area (Å²) in [6.07, 6.45) is 0. The van der Waals surface area contributed by atoms with Crippen molar-refractivity contribution in [3.8, 4) is 0 Å². The van der Waals surface area contributed by atoms with E-state index in [1.165, 1.54) is 0 Å². The number of benzene rings is 1. The van der Waals surface area contributed by atoms with Gasteiger partial charge in [-0.1, -0.05) is 0 Å². The molecule has 1 atom stereocenters. The van der Waals surface area contributed by atoms with Crippen molar-refractivity contribution in [1.82, 2.24) is 4.72 Å². The molecule has 0 aliphatic heterocycles. The van der Waals surface area contributed by atoms with Crippen molar-refractivity contribution in [2.75, 3.05) is 6.54 Å². The van der Waals surface area contributed by atoms with Gasteiger partial charge in [-0.3, -0.25) is 0 Å². The van der Waals surface area contributed by atoms with E-state index in [1.54, 1.807) is 6.92 Å². The van der Waals surface area contributed by atoms with Gasteiger partial charge in [-0.25, -0.2) is 21.9 Å². The third-order valence-corrected chi connectivity index (χ3v) is 3.43. The van der Waals surface area contributed by atoms with Crippen LogP contribution in [-0.2, 0) is 10.0 Å². The van der Waals surface area contributed by atoms with E-state index in [2.05, 4.69) is 4.72 Å². The zero-order chi connectivity index (χ0) is 12.3. The molecule has 17 heavy (non-hydrogen) atoms. The molecule has 0 spiro atoms. The first-order valence-electron chi connectivity index (χ1n) is 4.53. The van der Waals surface area contributed by atoms with Gasteiger partial charge in [0.15, 0.2) is 0 Å². The summed E-state index contributed by atoms with van der Waals surface area (Å²) in [5.74, 6) is -1.89. The summed E-state index contributed by atoms with van der Waals surface area (Å²) in [7, 11) is -3.93. The van der Waals surface area contributed by atoms with E-state index in [9.17, 15) is 17.2 Å². The minimum Gasteiger partial charge on any atom is -0.329 e. The van der Waals surface area contributed by atoms with Crippen molar-refractivity contribution in [1.29, 1.82) is 0 Å². The molecule has 0 fully saturated rings. The lowest BCUT2D eigenvalue weighted by atomic mass is 10.3.